The molecule has 3 heterocycles. The molecule has 0 aliphatic carbocycles. The van der Waals surface area contributed by atoms with Gasteiger partial charge in [0, 0.05) is 35.3 Å². The fourth-order valence-electron chi connectivity index (χ4n) is 3.69. The van der Waals surface area contributed by atoms with Gasteiger partial charge < -0.3 is 10.6 Å². The van der Waals surface area contributed by atoms with Crippen LogP contribution in [0.2, 0.25) is 0 Å². The predicted molar refractivity (Wildman–Crippen MR) is 133 cm³/mol. The van der Waals surface area contributed by atoms with Crippen LogP contribution in [0.1, 0.15) is 61.0 Å². The fraction of sp³-hybridized carbons (Fsp3) is 0.435. The zero-order valence-electron chi connectivity index (χ0n) is 19.6. The SMILES string of the molecule is Cc1n[nH]c(C)c1-c1ccc(NC(=O)[C@H](CCCC(Cl)Cl)NC(=O)c2ccnn2C(C)C)nc1. The molecule has 182 valence electrons. The zero-order valence-corrected chi connectivity index (χ0v) is 21.1. The molecule has 0 fully saturated rings. The van der Waals surface area contributed by atoms with E-state index in [1.165, 1.54) is 0 Å². The van der Waals surface area contributed by atoms with Gasteiger partial charge >= 0.3 is 0 Å². The van der Waals surface area contributed by atoms with Crippen LogP contribution >= 0.6 is 23.2 Å². The average Bonchev–Trinajstić information content (AvgIpc) is 3.40. The molecular formula is C23H29Cl2N7O2. The molecule has 0 bridgehead atoms. The number of carbonyl (C=O) groups is 2. The average molecular weight is 506 g/mol. The second kappa shape index (κ2) is 11.5. The number of aromatic nitrogens is 5. The van der Waals surface area contributed by atoms with Crippen molar-refractivity contribution >= 4 is 40.8 Å². The number of hydrogen-bond donors (Lipinski definition) is 3. The number of anilines is 1. The highest BCUT2D eigenvalue weighted by atomic mass is 35.5. The highest BCUT2D eigenvalue weighted by Gasteiger charge is 2.24. The number of hydrogen-bond acceptors (Lipinski definition) is 5. The summed E-state index contributed by atoms with van der Waals surface area (Å²) in [6.45, 7) is 7.71. The topological polar surface area (TPSA) is 118 Å². The molecule has 0 radical (unpaired) electrons. The number of halogens is 2. The van der Waals surface area contributed by atoms with Crippen molar-refractivity contribution in [2.45, 2.75) is 63.9 Å². The first-order valence-corrected chi connectivity index (χ1v) is 12.0. The maximum Gasteiger partial charge on any atom is 0.270 e. The molecule has 0 saturated heterocycles. The molecule has 34 heavy (non-hydrogen) atoms. The van der Waals surface area contributed by atoms with E-state index >= 15 is 0 Å². The molecule has 0 aliphatic heterocycles. The largest absolute Gasteiger partial charge is 0.339 e. The van der Waals surface area contributed by atoms with Crippen molar-refractivity contribution < 1.29 is 9.59 Å². The second-order valence-electron chi connectivity index (χ2n) is 8.33. The summed E-state index contributed by atoms with van der Waals surface area (Å²) in [5.74, 6) is -0.374. The Balaban J connectivity index is 1.73. The lowest BCUT2D eigenvalue weighted by Gasteiger charge is -2.19. The standard InChI is InChI=1S/C23H29Cl2N7O2/c1-13(2)32-18(10-11-27-32)23(34)28-17(6-5-7-19(24)25)22(33)29-20-9-8-16(12-26-20)21-14(3)30-31-15(21)4/h8-13,17,19H,5-7H2,1-4H3,(H,28,34)(H,30,31)(H,26,29,33)/t17-/m0/s1. The third-order valence-corrected chi connectivity index (χ3v) is 5.80. The number of rotatable bonds is 10. The summed E-state index contributed by atoms with van der Waals surface area (Å²) >= 11 is 11.7. The summed E-state index contributed by atoms with van der Waals surface area (Å²) in [6.07, 6.45) is 4.67. The lowest BCUT2D eigenvalue weighted by molar-refractivity contribution is -0.118. The van der Waals surface area contributed by atoms with Gasteiger partial charge in [0.25, 0.3) is 5.91 Å². The first kappa shape index (κ1) is 25.7. The molecule has 0 aliphatic rings. The van der Waals surface area contributed by atoms with Crippen LogP contribution < -0.4 is 10.6 Å². The summed E-state index contributed by atoms with van der Waals surface area (Å²) in [4.78, 5) is 29.8. The molecule has 3 aromatic rings. The molecule has 2 amide bonds. The number of amides is 2. The van der Waals surface area contributed by atoms with Crippen LogP contribution in [0.5, 0.6) is 0 Å². The Bertz CT molecular complexity index is 1100. The minimum Gasteiger partial charge on any atom is -0.339 e. The number of aryl methyl sites for hydroxylation is 2. The van der Waals surface area contributed by atoms with Crippen molar-refractivity contribution in [1.82, 2.24) is 30.3 Å². The van der Waals surface area contributed by atoms with Gasteiger partial charge in [0.1, 0.15) is 22.4 Å². The van der Waals surface area contributed by atoms with E-state index in [2.05, 4.69) is 30.9 Å². The monoisotopic (exact) mass is 505 g/mol. The number of alkyl halides is 2. The first-order chi connectivity index (χ1) is 16.2. The molecular weight excluding hydrogens is 477 g/mol. The van der Waals surface area contributed by atoms with E-state index in [1.807, 2.05) is 33.8 Å². The number of H-pyrrole nitrogens is 1. The molecule has 0 spiro atoms. The van der Waals surface area contributed by atoms with Gasteiger partial charge in [-0.2, -0.15) is 10.2 Å². The van der Waals surface area contributed by atoms with Crippen molar-refractivity contribution in [3.8, 4) is 11.1 Å². The summed E-state index contributed by atoms with van der Waals surface area (Å²) in [5, 5.41) is 17.0. The van der Waals surface area contributed by atoms with Gasteiger partial charge in [-0.15, -0.1) is 23.2 Å². The van der Waals surface area contributed by atoms with Crippen LogP contribution in [0, 0.1) is 13.8 Å². The van der Waals surface area contributed by atoms with E-state index in [0.717, 1.165) is 22.5 Å². The third kappa shape index (κ3) is 6.36. The summed E-state index contributed by atoms with van der Waals surface area (Å²) in [5.41, 5.74) is 4.07. The van der Waals surface area contributed by atoms with Gasteiger partial charge in [-0.05, 0) is 65.2 Å². The number of pyridine rings is 1. The lowest BCUT2D eigenvalue weighted by atomic mass is 10.1. The third-order valence-electron chi connectivity index (χ3n) is 5.36. The molecule has 3 N–H and O–H groups in total. The maximum absolute atomic E-state index is 13.1. The van der Waals surface area contributed by atoms with Gasteiger partial charge in [0.2, 0.25) is 5.91 Å². The van der Waals surface area contributed by atoms with Crippen molar-refractivity contribution in [3.05, 3.63) is 47.7 Å². The number of aromatic amines is 1. The molecule has 9 nitrogen and oxygen atoms in total. The normalized spacial score (nSPS) is 12.2. The Morgan fingerprint density at radius 3 is 2.50 bits per heavy atom. The van der Waals surface area contributed by atoms with Gasteiger partial charge in [-0.3, -0.25) is 19.4 Å². The van der Waals surface area contributed by atoms with E-state index in [0.29, 0.717) is 30.8 Å². The summed E-state index contributed by atoms with van der Waals surface area (Å²) in [7, 11) is 0. The van der Waals surface area contributed by atoms with Gasteiger partial charge in [-0.1, -0.05) is 0 Å². The van der Waals surface area contributed by atoms with Crippen molar-refractivity contribution in [2.75, 3.05) is 5.32 Å². The van der Waals surface area contributed by atoms with Crippen molar-refractivity contribution in [1.29, 1.82) is 0 Å². The van der Waals surface area contributed by atoms with Gasteiger partial charge in [0.15, 0.2) is 0 Å². The van der Waals surface area contributed by atoms with Crippen LogP contribution in [0.15, 0.2) is 30.6 Å². The van der Waals surface area contributed by atoms with E-state index in [-0.39, 0.29) is 17.9 Å². The Kier molecular flexibility index (Phi) is 8.68. The van der Waals surface area contributed by atoms with Crippen molar-refractivity contribution in [3.63, 3.8) is 0 Å². The fourth-order valence-corrected chi connectivity index (χ4v) is 4.00. The zero-order chi connectivity index (χ0) is 24.8. The molecule has 3 aromatic heterocycles. The quantitative estimate of drug-likeness (QED) is 0.348. The van der Waals surface area contributed by atoms with E-state index in [1.54, 1.807) is 29.2 Å². The highest BCUT2D eigenvalue weighted by molar-refractivity contribution is 6.44. The molecule has 0 saturated carbocycles. The highest BCUT2D eigenvalue weighted by Crippen LogP contribution is 2.25. The van der Waals surface area contributed by atoms with Gasteiger partial charge in [0.05, 0.1) is 5.69 Å². The molecule has 11 heteroatoms. The second-order valence-corrected chi connectivity index (χ2v) is 9.61. The predicted octanol–water partition coefficient (Wildman–Crippen LogP) is 4.58. The molecule has 1 atom stereocenters. The van der Waals surface area contributed by atoms with E-state index in [4.69, 9.17) is 23.2 Å². The molecule has 0 unspecified atom stereocenters. The number of nitrogens with zero attached hydrogens (tertiary/aromatic N) is 4. The minimum absolute atomic E-state index is 0.00139. The maximum atomic E-state index is 13.1. The van der Waals surface area contributed by atoms with Crippen molar-refractivity contribution in [2.24, 2.45) is 0 Å². The Hall–Kier alpha value is -2.91. The van der Waals surface area contributed by atoms with E-state index < -0.39 is 10.9 Å². The van der Waals surface area contributed by atoms with Crippen LogP contribution in [-0.2, 0) is 4.79 Å². The molecule has 0 aromatic carbocycles. The Morgan fingerprint density at radius 1 is 1.15 bits per heavy atom. The number of nitrogens with one attached hydrogen (secondary N) is 3. The minimum atomic E-state index is -0.796. The van der Waals surface area contributed by atoms with E-state index in [9.17, 15) is 9.59 Å². The Labute approximate surface area is 208 Å². The number of carbonyl (C=O) groups excluding carboxylic acids is 2. The van der Waals surface area contributed by atoms with Gasteiger partial charge in [-0.25, -0.2) is 4.98 Å². The van der Waals surface area contributed by atoms with Crippen LogP contribution in [0.25, 0.3) is 11.1 Å². The lowest BCUT2D eigenvalue weighted by Crippen LogP contribution is -2.44. The van der Waals surface area contributed by atoms with Crippen LogP contribution in [0.3, 0.4) is 0 Å². The Morgan fingerprint density at radius 2 is 1.91 bits per heavy atom. The smallest absolute Gasteiger partial charge is 0.270 e. The first-order valence-electron chi connectivity index (χ1n) is 11.1. The summed E-state index contributed by atoms with van der Waals surface area (Å²) < 4.78 is 1.61. The summed E-state index contributed by atoms with van der Waals surface area (Å²) in [6, 6.07) is 4.42. The van der Waals surface area contributed by atoms with Crippen LogP contribution in [0.4, 0.5) is 5.82 Å². The molecule has 3 rings (SSSR count). The van der Waals surface area contributed by atoms with Crippen LogP contribution in [-0.4, -0.2) is 47.7 Å².